The zero-order chi connectivity index (χ0) is 12.0. The number of nitrogens with two attached hydrogens (primary N) is 1. The minimum absolute atomic E-state index is 0.196. The zero-order valence-electron chi connectivity index (χ0n) is 9.26. The van der Waals surface area contributed by atoms with Crippen LogP contribution in [-0.2, 0) is 0 Å². The molecule has 17 heavy (non-hydrogen) atoms. The maximum absolute atomic E-state index is 11.0. The van der Waals surface area contributed by atoms with Gasteiger partial charge in [0.15, 0.2) is 5.96 Å². The molecule has 1 aromatic rings. The fraction of sp³-hybridized carbons (Fsp3) is 0.333. The molecule has 0 aromatic heterocycles. The Kier molecular flexibility index (Phi) is 2.07. The molecule has 3 N–H and O–H groups in total. The number of carboxylic acid groups (broad SMARTS) is 1. The lowest BCUT2D eigenvalue weighted by Crippen LogP contribution is -2.38. The van der Waals surface area contributed by atoms with E-state index >= 15 is 0 Å². The molecule has 1 atom stereocenters. The van der Waals surface area contributed by atoms with Crippen LogP contribution in [0.3, 0.4) is 0 Å². The minimum Gasteiger partial charge on any atom is -0.478 e. The van der Waals surface area contributed by atoms with Crippen molar-refractivity contribution in [2.75, 3.05) is 6.54 Å². The number of aromatic carboxylic acids is 1. The van der Waals surface area contributed by atoms with E-state index in [1.807, 2.05) is 4.90 Å². The van der Waals surface area contributed by atoms with Crippen LogP contribution < -0.4 is 5.73 Å². The molecule has 3 rings (SSSR count). The molecule has 0 amide bonds. The van der Waals surface area contributed by atoms with E-state index in [1.54, 1.807) is 18.2 Å². The third kappa shape index (κ3) is 1.46. The van der Waals surface area contributed by atoms with E-state index in [0.717, 1.165) is 30.6 Å². The first kappa shape index (κ1) is 10.1. The van der Waals surface area contributed by atoms with E-state index in [9.17, 15) is 4.79 Å². The summed E-state index contributed by atoms with van der Waals surface area (Å²) in [7, 11) is 0. The maximum atomic E-state index is 11.0. The number of carboxylic acids is 1. The molecule has 1 aromatic carbocycles. The standard InChI is InChI=1S/C12H13N3O2/c13-12-14-9-4-3-7(11(16)17)6-8(9)10-2-1-5-15(10)12/h3-4,6,10H,1-2,5H2,(H2,13,14)(H,16,17)/t10-/m0/s1. The Morgan fingerprint density at radius 2 is 2.35 bits per heavy atom. The Morgan fingerprint density at radius 3 is 3.12 bits per heavy atom. The van der Waals surface area contributed by atoms with Gasteiger partial charge in [-0.25, -0.2) is 9.79 Å². The van der Waals surface area contributed by atoms with Crippen molar-refractivity contribution in [2.45, 2.75) is 18.9 Å². The van der Waals surface area contributed by atoms with Crippen LogP contribution in [0.1, 0.15) is 34.8 Å². The quantitative estimate of drug-likeness (QED) is 0.767. The van der Waals surface area contributed by atoms with E-state index in [-0.39, 0.29) is 6.04 Å². The van der Waals surface area contributed by atoms with Crippen molar-refractivity contribution in [3.8, 4) is 0 Å². The van der Waals surface area contributed by atoms with Gasteiger partial charge in [0.1, 0.15) is 0 Å². The Balaban J connectivity index is 2.13. The van der Waals surface area contributed by atoms with Crippen LogP contribution in [0.2, 0.25) is 0 Å². The average Bonchev–Trinajstić information content (AvgIpc) is 2.78. The van der Waals surface area contributed by atoms with Crippen molar-refractivity contribution in [1.29, 1.82) is 0 Å². The predicted octanol–water partition coefficient (Wildman–Crippen LogP) is 1.48. The summed E-state index contributed by atoms with van der Waals surface area (Å²) in [6, 6.07) is 5.22. The molecule has 2 aliphatic heterocycles. The molecule has 2 aliphatic rings. The lowest BCUT2D eigenvalue weighted by Gasteiger charge is -2.30. The summed E-state index contributed by atoms with van der Waals surface area (Å²) < 4.78 is 0. The Hall–Kier alpha value is -2.04. The van der Waals surface area contributed by atoms with Gasteiger partial charge in [0.2, 0.25) is 0 Å². The second-order valence-electron chi connectivity index (χ2n) is 4.40. The van der Waals surface area contributed by atoms with Gasteiger partial charge in [0, 0.05) is 12.1 Å². The van der Waals surface area contributed by atoms with Gasteiger partial charge in [-0.1, -0.05) is 0 Å². The SMILES string of the molecule is NC1=Nc2ccc(C(=O)O)cc2[C@@H]2CCCN12. The molecule has 1 fully saturated rings. The zero-order valence-corrected chi connectivity index (χ0v) is 9.26. The van der Waals surface area contributed by atoms with Gasteiger partial charge in [0.05, 0.1) is 17.3 Å². The highest BCUT2D eigenvalue weighted by Crippen LogP contribution is 2.40. The van der Waals surface area contributed by atoms with Crippen molar-refractivity contribution in [3.05, 3.63) is 29.3 Å². The third-order valence-electron chi connectivity index (χ3n) is 3.42. The summed E-state index contributed by atoms with van der Waals surface area (Å²) in [5, 5.41) is 9.00. The molecule has 0 spiro atoms. The molecule has 0 aliphatic carbocycles. The Morgan fingerprint density at radius 1 is 1.53 bits per heavy atom. The normalized spacial score (nSPS) is 21.8. The topological polar surface area (TPSA) is 78.9 Å². The highest BCUT2D eigenvalue weighted by Gasteiger charge is 2.32. The number of nitrogens with zero attached hydrogens (tertiary/aromatic N) is 2. The number of rotatable bonds is 1. The van der Waals surface area contributed by atoms with Gasteiger partial charge in [-0.05, 0) is 31.0 Å². The lowest BCUT2D eigenvalue weighted by molar-refractivity contribution is 0.0696. The minimum atomic E-state index is -0.903. The first-order valence-electron chi connectivity index (χ1n) is 5.65. The molecule has 0 unspecified atom stereocenters. The number of hydrogen-bond acceptors (Lipinski definition) is 4. The third-order valence-corrected chi connectivity index (χ3v) is 3.42. The summed E-state index contributed by atoms with van der Waals surface area (Å²) in [5.74, 6) is -0.358. The van der Waals surface area contributed by atoms with Crippen LogP contribution >= 0.6 is 0 Å². The number of fused-ring (bicyclic) bond motifs is 3. The largest absolute Gasteiger partial charge is 0.478 e. The van der Waals surface area contributed by atoms with E-state index in [0.29, 0.717) is 11.5 Å². The number of hydrogen-bond donors (Lipinski definition) is 2. The van der Waals surface area contributed by atoms with Crippen molar-refractivity contribution >= 4 is 17.6 Å². The summed E-state index contributed by atoms with van der Waals surface area (Å²) >= 11 is 0. The number of benzene rings is 1. The van der Waals surface area contributed by atoms with Gasteiger partial charge >= 0.3 is 5.97 Å². The molecule has 5 nitrogen and oxygen atoms in total. The summed E-state index contributed by atoms with van der Waals surface area (Å²) in [6.45, 7) is 0.900. The van der Waals surface area contributed by atoms with Crippen LogP contribution in [-0.4, -0.2) is 28.5 Å². The van der Waals surface area contributed by atoms with Gasteiger partial charge in [-0.15, -0.1) is 0 Å². The fourth-order valence-corrected chi connectivity index (χ4v) is 2.61. The van der Waals surface area contributed by atoms with Crippen LogP contribution in [0, 0.1) is 0 Å². The molecule has 0 radical (unpaired) electrons. The number of carbonyl (C=O) groups is 1. The van der Waals surface area contributed by atoms with E-state index < -0.39 is 5.97 Å². The predicted molar refractivity (Wildman–Crippen MR) is 63.4 cm³/mol. The van der Waals surface area contributed by atoms with E-state index in [4.69, 9.17) is 10.8 Å². The first-order chi connectivity index (χ1) is 8.16. The molecular formula is C12H13N3O2. The highest BCUT2D eigenvalue weighted by atomic mass is 16.4. The van der Waals surface area contributed by atoms with Gasteiger partial charge < -0.3 is 15.7 Å². The highest BCUT2D eigenvalue weighted by molar-refractivity contribution is 5.90. The monoisotopic (exact) mass is 231 g/mol. The number of guanidine groups is 1. The molecular weight excluding hydrogens is 218 g/mol. The Bertz CT molecular complexity index is 524. The molecule has 5 heteroatoms. The second kappa shape index (κ2) is 3.48. The lowest BCUT2D eigenvalue weighted by atomic mass is 9.98. The van der Waals surface area contributed by atoms with Crippen molar-refractivity contribution < 1.29 is 9.90 Å². The van der Waals surface area contributed by atoms with Crippen LogP contribution in [0.15, 0.2) is 23.2 Å². The van der Waals surface area contributed by atoms with Gasteiger partial charge in [-0.3, -0.25) is 0 Å². The smallest absolute Gasteiger partial charge is 0.335 e. The molecule has 0 saturated carbocycles. The van der Waals surface area contributed by atoms with Crippen molar-refractivity contribution in [3.63, 3.8) is 0 Å². The van der Waals surface area contributed by atoms with E-state index in [2.05, 4.69) is 4.99 Å². The summed E-state index contributed by atoms with van der Waals surface area (Å²) in [5.41, 5.74) is 7.99. The fourth-order valence-electron chi connectivity index (χ4n) is 2.61. The first-order valence-corrected chi connectivity index (χ1v) is 5.65. The maximum Gasteiger partial charge on any atom is 0.335 e. The van der Waals surface area contributed by atoms with E-state index in [1.165, 1.54) is 0 Å². The molecule has 0 bridgehead atoms. The van der Waals surface area contributed by atoms with Gasteiger partial charge in [0.25, 0.3) is 0 Å². The van der Waals surface area contributed by atoms with Crippen LogP contribution in [0.5, 0.6) is 0 Å². The van der Waals surface area contributed by atoms with Crippen molar-refractivity contribution in [1.82, 2.24) is 4.90 Å². The van der Waals surface area contributed by atoms with Crippen LogP contribution in [0.25, 0.3) is 0 Å². The average molecular weight is 231 g/mol. The molecule has 2 heterocycles. The van der Waals surface area contributed by atoms with Crippen molar-refractivity contribution in [2.24, 2.45) is 10.7 Å². The van der Waals surface area contributed by atoms with Gasteiger partial charge in [-0.2, -0.15) is 0 Å². The Labute approximate surface area is 98.6 Å². The molecule has 1 saturated heterocycles. The molecule has 88 valence electrons. The van der Waals surface area contributed by atoms with Crippen LogP contribution in [0.4, 0.5) is 5.69 Å². The summed E-state index contributed by atoms with van der Waals surface area (Å²) in [4.78, 5) is 17.3. The summed E-state index contributed by atoms with van der Waals surface area (Å²) in [6.07, 6.45) is 2.07. The number of aliphatic imine (C=N–C) groups is 1. The second-order valence-corrected chi connectivity index (χ2v) is 4.40.